The van der Waals surface area contributed by atoms with Gasteiger partial charge in [0, 0.05) is 61.3 Å². The Labute approximate surface area is 394 Å². The van der Waals surface area contributed by atoms with Crippen molar-refractivity contribution < 1.29 is 43.5 Å². The first-order chi connectivity index (χ1) is 31.8. The number of nitrogens with zero attached hydrogens (tertiary/aromatic N) is 6. The molecule has 10 rings (SSSR count). The van der Waals surface area contributed by atoms with Gasteiger partial charge in [-0.2, -0.15) is 0 Å². The van der Waals surface area contributed by atoms with Crippen molar-refractivity contribution in [3.8, 4) is 44.7 Å². The third kappa shape index (κ3) is 9.24. The summed E-state index contributed by atoms with van der Waals surface area (Å²) < 4.78 is 40.5. The highest BCUT2D eigenvalue weighted by Gasteiger charge is 2.42. The molecule has 3 aromatic heterocycles. The predicted octanol–water partition coefficient (Wildman–Crippen LogP) is 8.04. The van der Waals surface area contributed by atoms with Gasteiger partial charge in [0.2, 0.25) is 12.0 Å². The normalized spacial score (nSPS) is 21.7. The highest BCUT2D eigenvalue weighted by atomic mass is 35.5. The molecule has 1 saturated carbocycles. The number of aliphatic hydroxyl groups is 2. The van der Waals surface area contributed by atoms with Crippen LogP contribution in [0.15, 0.2) is 61.1 Å². The van der Waals surface area contributed by atoms with Gasteiger partial charge in [-0.25, -0.2) is 29.1 Å². The Morgan fingerprint density at radius 1 is 0.985 bits per heavy atom. The van der Waals surface area contributed by atoms with E-state index >= 15 is 0 Å². The largest absolute Gasteiger partial charge is 0.490 e. The Morgan fingerprint density at radius 3 is 2.47 bits per heavy atom. The molecule has 6 heterocycles. The third-order valence-corrected chi connectivity index (χ3v) is 14.7. The van der Waals surface area contributed by atoms with Crippen molar-refractivity contribution >= 4 is 50.7 Å². The molecule has 0 radical (unpaired) electrons. The molecule has 14 nitrogen and oxygen atoms in total. The van der Waals surface area contributed by atoms with Crippen LogP contribution in [0, 0.1) is 19.7 Å². The van der Waals surface area contributed by atoms with E-state index in [9.17, 15) is 24.5 Å². The van der Waals surface area contributed by atoms with Gasteiger partial charge in [0.05, 0.1) is 27.2 Å². The number of likely N-dealkylation sites (N-methyl/N-ethyl adjacent to an activating group) is 1. The van der Waals surface area contributed by atoms with E-state index in [0.29, 0.717) is 90.8 Å². The first-order valence-electron chi connectivity index (χ1n) is 21.9. The van der Waals surface area contributed by atoms with Crippen molar-refractivity contribution in [3.63, 3.8) is 0 Å². The van der Waals surface area contributed by atoms with Crippen molar-refractivity contribution in [1.29, 1.82) is 0 Å². The Kier molecular flexibility index (Phi) is 13.4. The molecule has 0 spiro atoms. The van der Waals surface area contributed by atoms with Crippen molar-refractivity contribution in [1.82, 2.24) is 29.7 Å². The van der Waals surface area contributed by atoms with Crippen LogP contribution in [0.2, 0.25) is 10.0 Å². The summed E-state index contributed by atoms with van der Waals surface area (Å²) in [7, 11) is 2.09. The molecule has 6 aromatic rings. The summed E-state index contributed by atoms with van der Waals surface area (Å²) in [5, 5.41) is 34.0. The number of carbonyl (C=O) groups is 1. The maximum absolute atomic E-state index is 14.4. The van der Waals surface area contributed by atoms with Crippen LogP contribution in [0.5, 0.6) is 23.1 Å². The summed E-state index contributed by atoms with van der Waals surface area (Å²) in [6, 6.07) is 12.9. The van der Waals surface area contributed by atoms with E-state index in [1.807, 2.05) is 13.8 Å². The topological polar surface area (TPSA) is 173 Å². The van der Waals surface area contributed by atoms with Crippen LogP contribution in [0.4, 0.5) is 4.39 Å². The number of carboxylic acids is 1. The van der Waals surface area contributed by atoms with Gasteiger partial charge in [-0.05, 0) is 98.8 Å². The number of rotatable bonds is 8. The minimum Gasteiger partial charge on any atom is -0.490 e. The molecular formula is C48H49Cl2FN6O8S. The molecule has 0 amide bonds. The third-order valence-electron chi connectivity index (χ3n) is 12.7. The fraction of sp³-hybridized carbons (Fsp3) is 0.396. The number of thiophene rings is 1. The smallest absolute Gasteiger partial charge is 0.345 e. The van der Waals surface area contributed by atoms with Crippen molar-refractivity contribution in [2.75, 3.05) is 46.4 Å². The van der Waals surface area contributed by atoms with E-state index in [-0.39, 0.29) is 41.4 Å². The highest BCUT2D eigenvalue weighted by molar-refractivity contribution is 7.22. The Morgan fingerprint density at radius 2 is 1.74 bits per heavy atom. The molecule has 1 aliphatic carbocycles. The molecule has 66 heavy (non-hydrogen) atoms. The van der Waals surface area contributed by atoms with Crippen LogP contribution in [-0.2, 0) is 23.4 Å². The van der Waals surface area contributed by atoms with Gasteiger partial charge in [-0.3, -0.25) is 4.90 Å². The summed E-state index contributed by atoms with van der Waals surface area (Å²) in [6.07, 6.45) is 1.86. The van der Waals surface area contributed by atoms with Crippen LogP contribution in [-0.4, -0.2) is 116 Å². The zero-order valence-electron chi connectivity index (χ0n) is 36.6. The number of benzene rings is 3. The fourth-order valence-electron chi connectivity index (χ4n) is 8.95. The van der Waals surface area contributed by atoms with Gasteiger partial charge in [0.15, 0.2) is 11.6 Å². The lowest BCUT2D eigenvalue weighted by Crippen LogP contribution is -2.49. The maximum atomic E-state index is 14.4. The van der Waals surface area contributed by atoms with Crippen LogP contribution in [0.25, 0.3) is 31.8 Å². The Hall–Kier alpha value is -5.20. The number of ether oxygens (including phenoxy) is 4. The molecule has 346 valence electrons. The average molecular weight is 960 g/mol. The summed E-state index contributed by atoms with van der Waals surface area (Å²) >= 11 is 15.9. The van der Waals surface area contributed by atoms with E-state index in [1.54, 1.807) is 36.4 Å². The minimum absolute atomic E-state index is 0.00107. The highest BCUT2D eigenvalue weighted by Crippen LogP contribution is 2.53. The van der Waals surface area contributed by atoms with Crippen molar-refractivity contribution in [2.24, 2.45) is 0 Å². The number of hydrogen-bond acceptors (Lipinski definition) is 14. The molecule has 4 aliphatic rings. The molecule has 2 fully saturated rings. The number of carboxylic acid groups (broad SMARTS) is 1. The molecule has 3 N–H and O–H groups in total. The van der Waals surface area contributed by atoms with Gasteiger partial charge < -0.3 is 39.2 Å². The second kappa shape index (κ2) is 19.2. The van der Waals surface area contributed by atoms with Gasteiger partial charge in [-0.15, -0.1) is 11.3 Å². The first-order valence-corrected chi connectivity index (χ1v) is 23.4. The summed E-state index contributed by atoms with van der Waals surface area (Å²) in [6.45, 7) is 7.65. The summed E-state index contributed by atoms with van der Waals surface area (Å²) in [5.41, 5.74) is 2.50. The van der Waals surface area contributed by atoms with Crippen molar-refractivity contribution in [3.05, 3.63) is 105 Å². The lowest BCUT2D eigenvalue weighted by molar-refractivity contribution is -0.145. The number of halogens is 3. The van der Waals surface area contributed by atoms with E-state index in [2.05, 4.69) is 36.8 Å². The molecule has 3 aliphatic heterocycles. The number of fused-ring (bicyclic) bond motifs is 7. The lowest BCUT2D eigenvalue weighted by Gasteiger charge is -2.35. The summed E-state index contributed by atoms with van der Waals surface area (Å²) in [5.74, 6) is -0.504. The fourth-order valence-corrected chi connectivity index (χ4v) is 10.6. The van der Waals surface area contributed by atoms with Crippen LogP contribution in [0.3, 0.4) is 0 Å². The quantitative estimate of drug-likeness (QED) is 0.134. The van der Waals surface area contributed by atoms with Gasteiger partial charge in [0.1, 0.15) is 53.4 Å². The average Bonchev–Trinajstić information content (AvgIpc) is 3.70. The van der Waals surface area contributed by atoms with Crippen LogP contribution >= 0.6 is 34.5 Å². The Balaban J connectivity index is 1.16. The number of hydrogen-bond donors (Lipinski definition) is 3. The van der Waals surface area contributed by atoms with E-state index in [1.165, 1.54) is 36.0 Å². The molecule has 1 saturated heterocycles. The molecular weight excluding hydrogens is 911 g/mol. The van der Waals surface area contributed by atoms with Crippen molar-refractivity contribution in [2.45, 2.75) is 76.5 Å². The van der Waals surface area contributed by atoms with E-state index < -0.39 is 35.7 Å². The zero-order valence-corrected chi connectivity index (χ0v) is 38.9. The second-order valence-electron chi connectivity index (χ2n) is 17.2. The molecule has 3 aromatic carbocycles. The SMILES string of the molecule is Cc1c(Cl)c2c(Cl)c(C)c1-c1c(-c3ccc(F)cc3)sc3ncnc(c13)O[C@@H](C(=O)O)Cc1cc(ccc1OCc1ccnc([C@@]3(O)CCCC[C@@H]3O)n1)OC[C@@H](CN1CCN(C)CC1)O2. The van der Waals surface area contributed by atoms with E-state index in [0.717, 1.165) is 39.0 Å². The first kappa shape index (κ1) is 45.9. The molecule has 4 atom stereocenters. The second-order valence-corrected chi connectivity index (χ2v) is 18.9. The standard InChI is InChI=1S/C48H49Cl2FN6O8S/c1-26-37-27(2)41(50)42(40(26)49)64-33(22-57-18-16-56(3)17-19-57)24-62-32-11-12-34(63-23-31-13-15-52-47(55-31)48(61)14-5-4-6-36(48)58)29(20-32)21-35(46(59)60)65-44-39-38(37)43(66-45(39)54-25-53-44)28-7-9-30(51)10-8-28/h7-13,15,20,25,33,35-36,58,61H,4-6,14,16-19,21-24H2,1-3H3,(H,59,60)/t33-,35-,36+,48-/m1/s1. The minimum atomic E-state index is -1.58. The number of aromatic nitrogens is 4. The zero-order chi connectivity index (χ0) is 46.3. The maximum Gasteiger partial charge on any atom is 0.345 e. The molecule has 18 heteroatoms. The summed E-state index contributed by atoms with van der Waals surface area (Å²) in [4.78, 5) is 37.1. The lowest BCUT2D eigenvalue weighted by atomic mass is 9.81. The monoisotopic (exact) mass is 958 g/mol. The van der Waals surface area contributed by atoms with Crippen LogP contribution in [0.1, 0.15) is 53.9 Å². The van der Waals surface area contributed by atoms with Gasteiger partial charge in [0.25, 0.3) is 0 Å². The Bertz CT molecular complexity index is 2750. The van der Waals surface area contributed by atoms with Gasteiger partial charge >= 0.3 is 5.97 Å². The van der Waals surface area contributed by atoms with Gasteiger partial charge in [-0.1, -0.05) is 41.8 Å². The molecule has 4 bridgehead atoms. The predicted molar refractivity (Wildman–Crippen MR) is 249 cm³/mol. The number of aliphatic hydroxyl groups excluding tert-OH is 1. The van der Waals surface area contributed by atoms with Crippen LogP contribution < -0.4 is 18.9 Å². The number of aliphatic carboxylic acids is 1. The molecule has 0 unspecified atom stereocenters. The number of piperazine rings is 1. The van der Waals surface area contributed by atoms with E-state index in [4.69, 9.17) is 42.1 Å².